The molecule has 1 aliphatic carbocycles. The summed E-state index contributed by atoms with van der Waals surface area (Å²) in [5.74, 6) is 0. The summed E-state index contributed by atoms with van der Waals surface area (Å²) in [6.45, 7) is 6.16. The maximum atomic E-state index is 6.14. The summed E-state index contributed by atoms with van der Waals surface area (Å²) in [5.41, 5.74) is 1.38. The molecule has 0 unspecified atom stereocenters. The minimum absolute atomic E-state index is 0.142. The van der Waals surface area contributed by atoms with E-state index in [2.05, 4.69) is 55.6 Å². The summed E-state index contributed by atoms with van der Waals surface area (Å²) in [4.78, 5) is 0. The third-order valence-corrected chi connectivity index (χ3v) is 3.99. The van der Waals surface area contributed by atoms with E-state index in [1.165, 1.54) is 24.8 Å². The van der Waals surface area contributed by atoms with E-state index in [0.717, 1.165) is 19.6 Å². The van der Waals surface area contributed by atoms with Crippen LogP contribution in [-0.4, -0.2) is 24.8 Å². The molecule has 0 spiro atoms. The van der Waals surface area contributed by atoms with Gasteiger partial charge < -0.3 is 10.1 Å². The Morgan fingerprint density at radius 2 is 2.00 bits per heavy atom. The molecule has 1 N–H and O–H groups in total. The Labute approximate surface area is 123 Å². The van der Waals surface area contributed by atoms with Crippen molar-refractivity contribution in [2.75, 3.05) is 13.2 Å². The molecule has 0 radical (unpaired) electrons. The molecule has 2 rings (SSSR count). The van der Waals surface area contributed by atoms with Crippen molar-refractivity contribution < 1.29 is 4.74 Å². The fourth-order valence-corrected chi connectivity index (χ4v) is 2.60. The maximum Gasteiger partial charge on any atom is 0.0699 e. The van der Waals surface area contributed by atoms with Crippen LogP contribution in [0.1, 0.15) is 45.1 Å². The molecule has 2 heteroatoms. The van der Waals surface area contributed by atoms with Crippen molar-refractivity contribution in [3.05, 3.63) is 42.0 Å². The Hall–Kier alpha value is -1.12. The van der Waals surface area contributed by atoms with Crippen LogP contribution >= 0.6 is 0 Å². The van der Waals surface area contributed by atoms with Gasteiger partial charge in [-0.05, 0) is 37.8 Å². The highest BCUT2D eigenvalue weighted by atomic mass is 16.5. The Bertz CT molecular complexity index is 407. The third-order valence-electron chi connectivity index (χ3n) is 3.99. The Morgan fingerprint density at radius 1 is 1.25 bits per heavy atom. The second-order valence-electron chi connectivity index (χ2n) is 6.02. The molecule has 20 heavy (non-hydrogen) atoms. The zero-order chi connectivity index (χ0) is 14.3. The topological polar surface area (TPSA) is 21.3 Å². The van der Waals surface area contributed by atoms with Gasteiger partial charge in [-0.15, -0.1) is 0 Å². The maximum absolute atomic E-state index is 6.14. The molecule has 110 valence electrons. The Kier molecular flexibility index (Phi) is 5.81. The lowest BCUT2D eigenvalue weighted by molar-refractivity contribution is -0.0930. The van der Waals surface area contributed by atoms with Gasteiger partial charge in [-0.1, -0.05) is 56.3 Å². The number of nitrogens with one attached hydrogen (secondary N) is 1. The highest BCUT2D eigenvalue weighted by molar-refractivity contribution is 5.48. The van der Waals surface area contributed by atoms with Crippen LogP contribution in [0.15, 0.2) is 36.4 Å². The van der Waals surface area contributed by atoms with E-state index in [0.29, 0.717) is 6.04 Å². The van der Waals surface area contributed by atoms with E-state index in [9.17, 15) is 0 Å². The van der Waals surface area contributed by atoms with Crippen molar-refractivity contribution in [1.29, 1.82) is 0 Å². The standard InChI is InChI=1S/C18H27NO/c1-16(2)19-14-13-18(11-7-12-18)20-15-6-10-17-8-4-3-5-9-17/h3-6,8-10,16,19H,7,11-15H2,1-2H3/b10-6+. The van der Waals surface area contributed by atoms with Crippen molar-refractivity contribution in [3.8, 4) is 0 Å². The molecule has 1 saturated carbocycles. The van der Waals surface area contributed by atoms with Gasteiger partial charge in [-0.3, -0.25) is 0 Å². The minimum Gasteiger partial charge on any atom is -0.371 e. The number of rotatable bonds is 8. The highest BCUT2D eigenvalue weighted by Gasteiger charge is 2.37. The smallest absolute Gasteiger partial charge is 0.0699 e. The second-order valence-corrected chi connectivity index (χ2v) is 6.02. The summed E-state index contributed by atoms with van der Waals surface area (Å²) in [5, 5.41) is 3.49. The van der Waals surface area contributed by atoms with Crippen LogP contribution in [0.3, 0.4) is 0 Å². The molecule has 1 fully saturated rings. The molecule has 0 heterocycles. The first kappa shape index (κ1) is 15.3. The first-order valence-corrected chi connectivity index (χ1v) is 7.79. The van der Waals surface area contributed by atoms with Crippen molar-refractivity contribution in [1.82, 2.24) is 5.32 Å². The fourth-order valence-electron chi connectivity index (χ4n) is 2.60. The van der Waals surface area contributed by atoms with Gasteiger partial charge in [0.1, 0.15) is 0 Å². The molecule has 0 aromatic heterocycles. The number of benzene rings is 1. The van der Waals surface area contributed by atoms with E-state index >= 15 is 0 Å². The molecule has 0 atom stereocenters. The lowest BCUT2D eigenvalue weighted by atomic mass is 9.77. The minimum atomic E-state index is 0.142. The molecular weight excluding hydrogens is 246 g/mol. The number of hydrogen-bond acceptors (Lipinski definition) is 2. The van der Waals surface area contributed by atoms with Crippen LogP contribution in [0.5, 0.6) is 0 Å². The average Bonchev–Trinajstić information content (AvgIpc) is 2.40. The monoisotopic (exact) mass is 273 g/mol. The molecular formula is C18H27NO. The van der Waals surface area contributed by atoms with Gasteiger partial charge in [-0.25, -0.2) is 0 Å². The zero-order valence-corrected chi connectivity index (χ0v) is 12.8. The van der Waals surface area contributed by atoms with Gasteiger partial charge in [0.2, 0.25) is 0 Å². The van der Waals surface area contributed by atoms with Crippen LogP contribution in [0.25, 0.3) is 6.08 Å². The highest BCUT2D eigenvalue weighted by Crippen LogP contribution is 2.38. The predicted molar refractivity (Wildman–Crippen MR) is 85.8 cm³/mol. The largest absolute Gasteiger partial charge is 0.371 e. The van der Waals surface area contributed by atoms with Gasteiger partial charge in [0, 0.05) is 6.04 Å². The van der Waals surface area contributed by atoms with Crippen molar-refractivity contribution in [3.63, 3.8) is 0 Å². The van der Waals surface area contributed by atoms with E-state index in [1.807, 2.05) is 6.07 Å². The van der Waals surface area contributed by atoms with Crippen LogP contribution < -0.4 is 5.32 Å². The van der Waals surface area contributed by atoms with E-state index < -0.39 is 0 Å². The van der Waals surface area contributed by atoms with Crippen molar-refractivity contribution in [2.24, 2.45) is 0 Å². The van der Waals surface area contributed by atoms with E-state index in [1.54, 1.807) is 0 Å². The zero-order valence-electron chi connectivity index (χ0n) is 12.8. The van der Waals surface area contributed by atoms with E-state index in [-0.39, 0.29) is 5.60 Å². The lowest BCUT2D eigenvalue weighted by Gasteiger charge is -2.41. The third kappa shape index (κ3) is 4.77. The molecule has 0 aliphatic heterocycles. The van der Waals surface area contributed by atoms with Crippen LogP contribution in [-0.2, 0) is 4.74 Å². The Balaban J connectivity index is 1.72. The normalized spacial score (nSPS) is 17.6. The van der Waals surface area contributed by atoms with Gasteiger partial charge in [0.15, 0.2) is 0 Å². The van der Waals surface area contributed by atoms with Crippen LogP contribution in [0.4, 0.5) is 0 Å². The summed E-state index contributed by atoms with van der Waals surface area (Å²) in [6.07, 6.45) is 9.14. The average molecular weight is 273 g/mol. The molecule has 0 amide bonds. The summed E-state index contributed by atoms with van der Waals surface area (Å²) in [6, 6.07) is 10.9. The summed E-state index contributed by atoms with van der Waals surface area (Å²) in [7, 11) is 0. The van der Waals surface area contributed by atoms with Crippen LogP contribution in [0, 0.1) is 0 Å². The SMILES string of the molecule is CC(C)NCCC1(OC/C=C/c2ccccc2)CCC1. The first-order valence-electron chi connectivity index (χ1n) is 7.79. The molecule has 1 aliphatic rings. The van der Waals surface area contributed by atoms with Gasteiger partial charge in [0.25, 0.3) is 0 Å². The predicted octanol–water partition coefficient (Wildman–Crippen LogP) is 4.03. The van der Waals surface area contributed by atoms with Gasteiger partial charge in [-0.2, -0.15) is 0 Å². The molecule has 1 aromatic rings. The van der Waals surface area contributed by atoms with E-state index in [4.69, 9.17) is 4.74 Å². The van der Waals surface area contributed by atoms with Gasteiger partial charge in [0.05, 0.1) is 12.2 Å². The second kappa shape index (κ2) is 7.61. The lowest BCUT2D eigenvalue weighted by Crippen LogP contribution is -2.43. The van der Waals surface area contributed by atoms with Crippen molar-refractivity contribution in [2.45, 2.75) is 51.2 Å². The summed E-state index contributed by atoms with van der Waals surface area (Å²) < 4.78 is 6.14. The van der Waals surface area contributed by atoms with Crippen LogP contribution in [0.2, 0.25) is 0 Å². The molecule has 0 bridgehead atoms. The number of ether oxygens (including phenoxy) is 1. The molecule has 1 aromatic carbocycles. The van der Waals surface area contributed by atoms with Crippen molar-refractivity contribution >= 4 is 6.08 Å². The first-order chi connectivity index (χ1) is 9.70. The molecule has 0 saturated heterocycles. The van der Waals surface area contributed by atoms with Gasteiger partial charge >= 0.3 is 0 Å². The quantitative estimate of drug-likeness (QED) is 0.772. The summed E-state index contributed by atoms with van der Waals surface area (Å²) >= 11 is 0. The molecule has 2 nitrogen and oxygen atoms in total. The fraction of sp³-hybridized carbons (Fsp3) is 0.556. The number of hydrogen-bond donors (Lipinski definition) is 1. The Morgan fingerprint density at radius 3 is 2.60 bits per heavy atom.